The fraction of sp³-hybridized carbons (Fsp3) is 0.800. The third-order valence-corrected chi connectivity index (χ3v) is 1.38. The molecule has 0 aliphatic heterocycles. The maximum absolute atomic E-state index is 9.96. The van der Waals surface area contributed by atoms with Crippen LogP contribution in [-0.2, 0) is 28.7 Å². The van der Waals surface area contributed by atoms with E-state index in [0.29, 0.717) is 0 Å². The predicted octanol–water partition coefficient (Wildman–Crippen LogP) is 2.59. The number of nitrogens with two attached hydrogens (primary N) is 2. The molecule has 0 aliphatic carbocycles. The fourth-order valence-electron chi connectivity index (χ4n) is 0.227. The molecule has 20 heteroatoms. The molecule has 0 aromatic rings. The maximum Gasteiger partial charge on any atom is 0.406 e. The molecule has 0 radical (unpaired) electrons. The van der Waals surface area contributed by atoms with Crippen LogP contribution < -0.4 is 32.7 Å². The van der Waals surface area contributed by atoms with Crippen LogP contribution in [-0.4, -0.2) is 156 Å². The highest BCUT2D eigenvalue weighted by atomic mass is 16.5. The molecule has 0 bridgehead atoms. The molecule has 0 aromatic heterocycles. The summed E-state index contributed by atoms with van der Waals surface area (Å²) in [5, 5.41) is 37.8. The Hall–Kier alpha value is -4.00. The van der Waals surface area contributed by atoms with Crippen LogP contribution in [0.4, 0.5) is 9.59 Å². The van der Waals surface area contributed by atoms with Gasteiger partial charge in [0.25, 0.3) is 5.97 Å². The Kier molecular flexibility index (Phi) is 741. The molecule has 0 spiro atoms. The second-order valence-electron chi connectivity index (χ2n) is 3.93. The number of nitrogens with zero attached hydrogens (tertiary/aromatic N) is 2. The number of aliphatic hydroxyl groups excluding tert-OH is 3. The molecule has 0 heterocycles. The number of nitrogens with one attached hydrogen (secondary N) is 4. The van der Waals surface area contributed by atoms with Gasteiger partial charge in [-0.1, -0.05) is 59.4 Å². The molecule has 0 fully saturated rings. The number of urea groups is 1. The summed E-state index contributed by atoms with van der Waals surface area (Å²) < 4.78 is 8.40. The number of carboxylic acids is 1. The average molecular weight is 757 g/mol. The first-order valence-electron chi connectivity index (χ1n) is 10.7. The fourth-order valence-corrected chi connectivity index (χ4v) is 0.227. The van der Waals surface area contributed by atoms with Crippen LogP contribution in [0.3, 0.4) is 0 Å². The average Bonchev–Trinajstić information content (AvgIpc) is 3.05. The van der Waals surface area contributed by atoms with E-state index in [9.17, 15) is 14.4 Å². The minimum atomic E-state index is -0.833. The second kappa shape index (κ2) is 269. The standard InChI is InChI=1S/C3H8N2O.C3H7NO2.C3H7NO.2C2H3NO.C2H4O2.C2H6O.2CH5N.3CH4O.8CH4/c1-4-3(6)5-2;1-4-3(5)6-2;1-3(5)4-2;2*1-3-2-4;1-2(3)4;1-3-2;5*1-2;;;;;;;;/h1-2H3,(H2,4,5,6);1-2H3,(H,4,5);1-2H3,(H,4,5);2*1H3;1H3,(H,3,4);1-2H3;2*2H2,1H3;3*2H,1H3;8*1H4. The first-order valence-corrected chi connectivity index (χ1v) is 10.7. The summed E-state index contributed by atoms with van der Waals surface area (Å²) in [6.45, 7) is 2.56. The van der Waals surface area contributed by atoms with E-state index in [-0.39, 0.29) is 71.4 Å². The molecule has 0 rings (SSSR count). The van der Waals surface area contributed by atoms with Crippen molar-refractivity contribution in [1.29, 1.82) is 0 Å². The quantitative estimate of drug-likeness (QED) is 0.125. The summed E-state index contributed by atoms with van der Waals surface area (Å²) in [6.07, 6.45) is 2.20. The zero-order valence-electron chi connectivity index (χ0n) is 28.1. The van der Waals surface area contributed by atoms with E-state index >= 15 is 0 Å². The first kappa shape index (κ1) is 138. The van der Waals surface area contributed by atoms with Crippen molar-refractivity contribution < 1.29 is 58.7 Å². The number of ether oxygens (including phenoxy) is 2. The monoisotopic (exact) mass is 757 g/mol. The van der Waals surface area contributed by atoms with Gasteiger partial charge < -0.3 is 62.6 Å². The van der Waals surface area contributed by atoms with Crippen LogP contribution in [0.1, 0.15) is 73.3 Å². The molecule has 50 heavy (non-hydrogen) atoms. The summed E-state index contributed by atoms with van der Waals surface area (Å²) in [6, 6.07) is -0.157. The molecule has 0 unspecified atom stereocenters. The van der Waals surface area contributed by atoms with Crippen LogP contribution in [0.5, 0.6) is 0 Å². The zero-order valence-corrected chi connectivity index (χ0v) is 28.1. The summed E-state index contributed by atoms with van der Waals surface area (Å²) in [7, 11) is 19.6. The Labute approximate surface area is 309 Å². The van der Waals surface area contributed by atoms with Gasteiger partial charge in [0.2, 0.25) is 18.1 Å². The van der Waals surface area contributed by atoms with Crippen LogP contribution in [0.25, 0.3) is 0 Å². The van der Waals surface area contributed by atoms with Crippen molar-refractivity contribution in [3.05, 3.63) is 0 Å². The second-order valence-corrected chi connectivity index (χ2v) is 3.93. The van der Waals surface area contributed by atoms with Crippen LogP contribution >= 0.6 is 0 Å². The Balaban J connectivity index is -0.0000000110. The molecular weight excluding hydrogens is 664 g/mol. The van der Waals surface area contributed by atoms with E-state index in [4.69, 9.17) is 34.8 Å². The number of carboxylic acid groups (broad SMARTS) is 1. The van der Waals surface area contributed by atoms with Gasteiger partial charge in [0.05, 0.1) is 7.11 Å². The number of methoxy groups -OCH3 is 2. The van der Waals surface area contributed by atoms with Gasteiger partial charge >= 0.3 is 12.1 Å². The van der Waals surface area contributed by atoms with Crippen molar-refractivity contribution >= 4 is 36.2 Å². The zero-order chi connectivity index (χ0) is 37.4. The number of carbonyl (C=O) groups excluding carboxylic acids is 5. The van der Waals surface area contributed by atoms with Gasteiger partial charge in [0.1, 0.15) is 0 Å². The lowest BCUT2D eigenvalue weighted by Gasteiger charge is -1.91. The number of aliphatic carboxylic acids is 1. The molecular formula is C30H92N8O12. The topological polar surface area (TPSA) is 327 Å². The van der Waals surface area contributed by atoms with Crippen LogP contribution in [0, 0.1) is 0 Å². The Bertz CT molecular complexity index is 492. The molecule has 20 nitrogen and oxygen atoms in total. The SMILES string of the molecule is C.C.C.C.C.C.C.C.CC(=O)O.CN.CN.CN=C=O.CN=C=O.CNC(=O)NC.CNC(=O)OC.CNC(C)=O.CO.CO.CO.COC. The molecule has 324 valence electrons. The van der Waals surface area contributed by atoms with Crippen molar-refractivity contribution in [3.8, 4) is 0 Å². The van der Waals surface area contributed by atoms with Crippen molar-refractivity contribution in [2.75, 3.05) is 99.0 Å². The highest BCUT2D eigenvalue weighted by molar-refractivity contribution is 5.73. The van der Waals surface area contributed by atoms with E-state index in [1.165, 1.54) is 61.4 Å². The number of aliphatic imine (C=N–C) groups is 2. The van der Waals surface area contributed by atoms with Crippen molar-refractivity contribution in [2.45, 2.75) is 73.3 Å². The van der Waals surface area contributed by atoms with Gasteiger partial charge in [-0.05, 0) is 14.1 Å². The van der Waals surface area contributed by atoms with Gasteiger partial charge in [-0.2, -0.15) is 0 Å². The van der Waals surface area contributed by atoms with Gasteiger partial charge in [-0.25, -0.2) is 29.2 Å². The molecule has 12 N–H and O–H groups in total. The minimum absolute atomic E-state index is 0. The minimum Gasteiger partial charge on any atom is -0.481 e. The number of alkyl carbamates (subject to hydrolysis) is 1. The van der Waals surface area contributed by atoms with Gasteiger partial charge in [-0.3, -0.25) is 9.59 Å². The highest BCUT2D eigenvalue weighted by Gasteiger charge is 1.85. The molecule has 0 aliphatic rings. The molecule has 4 amide bonds. The van der Waals surface area contributed by atoms with E-state index < -0.39 is 12.1 Å². The van der Waals surface area contributed by atoms with Gasteiger partial charge in [0, 0.05) is 91.7 Å². The summed E-state index contributed by atoms with van der Waals surface area (Å²) in [5.74, 6) is -0.829. The number of amides is 4. The number of hydrogen-bond acceptors (Lipinski definition) is 15. The van der Waals surface area contributed by atoms with E-state index in [0.717, 1.165) is 28.3 Å². The Morgan fingerprint density at radius 1 is 0.560 bits per heavy atom. The molecule has 0 aromatic carbocycles. The summed E-state index contributed by atoms with van der Waals surface area (Å²) in [5.41, 5.74) is 9.00. The smallest absolute Gasteiger partial charge is 0.406 e. The van der Waals surface area contributed by atoms with Crippen LogP contribution in [0.2, 0.25) is 0 Å². The Morgan fingerprint density at radius 3 is 0.700 bits per heavy atom. The lowest BCUT2D eigenvalue weighted by molar-refractivity contribution is -0.134. The van der Waals surface area contributed by atoms with E-state index in [1.54, 1.807) is 35.4 Å². The number of rotatable bonds is 0. The van der Waals surface area contributed by atoms with E-state index in [2.05, 4.69) is 52.2 Å². The first-order chi connectivity index (χ1) is 19.9. The molecule has 0 atom stereocenters. The number of aliphatic hydroxyl groups is 3. The molecule has 0 saturated heterocycles. The maximum atomic E-state index is 9.96. The highest BCUT2D eigenvalue weighted by Crippen LogP contribution is 1.62. The van der Waals surface area contributed by atoms with Crippen molar-refractivity contribution in [2.24, 2.45) is 21.5 Å². The Morgan fingerprint density at radius 2 is 0.700 bits per heavy atom. The lowest BCUT2D eigenvalue weighted by atomic mass is 10.7. The molecule has 0 saturated carbocycles. The van der Waals surface area contributed by atoms with Gasteiger partial charge in [-0.15, -0.1) is 0 Å². The van der Waals surface area contributed by atoms with Crippen molar-refractivity contribution in [3.63, 3.8) is 0 Å². The van der Waals surface area contributed by atoms with E-state index in [1.807, 2.05) is 0 Å². The van der Waals surface area contributed by atoms with Crippen molar-refractivity contribution in [1.82, 2.24) is 21.3 Å². The van der Waals surface area contributed by atoms with Crippen LogP contribution in [0.15, 0.2) is 9.98 Å². The number of hydrogen-bond donors (Lipinski definition) is 10. The summed E-state index contributed by atoms with van der Waals surface area (Å²) >= 11 is 0. The normalized spacial score (nSPS) is 4.50. The third-order valence-electron chi connectivity index (χ3n) is 1.38. The predicted molar refractivity (Wildman–Crippen MR) is 218 cm³/mol. The number of carbonyl (C=O) groups is 4. The largest absolute Gasteiger partial charge is 0.481 e. The van der Waals surface area contributed by atoms with Gasteiger partial charge in [0.15, 0.2) is 0 Å². The number of isocyanates is 2. The third kappa shape index (κ3) is 1270. The lowest BCUT2D eigenvalue weighted by Crippen LogP contribution is -2.28. The summed E-state index contributed by atoms with van der Waals surface area (Å²) in [4.78, 5) is 62.1.